The molecule has 0 amide bonds. The number of rotatable bonds is 3. The first-order chi connectivity index (χ1) is 23.2. The smallest absolute Gasteiger partial charge is 0.0708 e. The van der Waals surface area contributed by atoms with Crippen LogP contribution in [0.4, 0.5) is 11.4 Å². The van der Waals surface area contributed by atoms with Gasteiger partial charge in [-0.1, -0.05) is 137 Å². The second-order valence-electron chi connectivity index (χ2n) is 12.3. The first-order valence-corrected chi connectivity index (χ1v) is 17.4. The molecule has 4 aliphatic rings. The maximum atomic E-state index is 3.97. The second-order valence-corrected chi connectivity index (χ2v) is 12.3. The first-order valence-electron chi connectivity index (χ1n) is 17.4. The van der Waals surface area contributed by atoms with Gasteiger partial charge in [0.25, 0.3) is 0 Å². The van der Waals surface area contributed by atoms with Gasteiger partial charge in [0.2, 0.25) is 0 Å². The van der Waals surface area contributed by atoms with E-state index in [-0.39, 0.29) is 18.1 Å². The number of nitrogens with one attached hydrogen (secondary N) is 3. The predicted octanol–water partition coefficient (Wildman–Crippen LogP) is 10.9. The molecule has 0 aromatic heterocycles. The molecule has 47 heavy (non-hydrogen) atoms. The van der Waals surface area contributed by atoms with Gasteiger partial charge >= 0.3 is 0 Å². The van der Waals surface area contributed by atoms with E-state index in [2.05, 4.69) is 132 Å². The Morgan fingerprint density at radius 1 is 0.638 bits per heavy atom. The largest absolute Gasteiger partial charge is 0.381 e. The van der Waals surface area contributed by atoms with Crippen molar-refractivity contribution < 1.29 is 0 Å². The van der Waals surface area contributed by atoms with E-state index >= 15 is 0 Å². The van der Waals surface area contributed by atoms with Crippen LogP contribution in [0.1, 0.15) is 91.2 Å². The minimum Gasteiger partial charge on any atom is -0.381 e. The fourth-order valence-electron chi connectivity index (χ4n) is 7.56. The minimum atomic E-state index is 0.0861. The van der Waals surface area contributed by atoms with Crippen molar-refractivity contribution in [2.75, 3.05) is 10.6 Å². The molecule has 9 rings (SSSR count). The molecule has 3 N–H and O–H groups in total. The molecule has 0 radical (unpaired) electrons. The van der Waals surface area contributed by atoms with Crippen LogP contribution in [0.2, 0.25) is 0 Å². The molecule has 0 saturated heterocycles. The zero-order valence-electron chi connectivity index (χ0n) is 28.2. The maximum Gasteiger partial charge on any atom is 0.0708 e. The zero-order valence-corrected chi connectivity index (χ0v) is 28.2. The Morgan fingerprint density at radius 3 is 2.00 bits per heavy atom. The molecule has 3 heterocycles. The van der Waals surface area contributed by atoms with Crippen LogP contribution in [0, 0.1) is 6.92 Å². The highest BCUT2D eigenvalue weighted by atomic mass is 15.0. The normalized spacial score (nSPS) is 19.6. The SMILES string of the molecule is CC.CC.Cc1cc2c(C3C=Cc4ccc5c(c4N3)NC(c3ccc(C4C=CC=CN4)cc3)C=C5)ccc3ccc4c(c1CCC=4)c32. The molecule has 5 aromatic carbocycles. The average molecular weight is 616 g/mol. The predicted molar refractivity (Wildman–Crippen MR) is 205 cm³/mol. The van der Waals surface area contributed by atoms with Crippen molar-refractivity contribution in [1.29, 1.82) is 0 Å². The molecule has 0 fully saturated rings. The van der Waals surface area contributed by atoms with Gasteiger partial charge in [0.1, 0.15) is 0 Å². The van der Waals surface area contributed by atoms with Gasteiger partial charge in [-0.3, -0.25) is 0 Å². The molecule has 0 saturated carbocycles. The van der Waals surface area contributed by atoms with Crippen LogP contribution in [-0.4, -0.2) is 0 Å². The Hall–Kier alpha value is -5.02. The summed E-state index contributed by atoms with van der Waals surface area (Å²) in [6.45, 7) is 10.3. The molecular weight excluding hydrogens is 571 g/mol. The number of dihydropyridines is 1. The van der Waals surface area contributed by atoms with E-state index in [1.54, 1.807) is 0 Å². The van der Waals surface area contributed by atoms with Crippen LogP contribution >= 0.6 is 0 Å². The number of benzene rings is 5. The standard InChI is InChI=1S/C40H33N3.2C2H6/c1-24-23-33-32(19-16-28-13-12-27-5-4-6-31(24)37(27)38(28)33)36-21-18-30-15-14-29-17-20-35(42-39(29)40(30)43-36)26-10-8-25(9-11-26)34-7-2-3-22-41-34;2*1-2/h2-3,5,7-23,34-36,41-43H,4,6H2,1H3;2*1-2H3. The number of hydrogen-bond acceptors (Lipinski definition) is 3. The molecule has 1 aliphatic carbocycles. The van der Waals surface area contributed by atoms with Crippen LogP contribution in [0.25, 0.3) is 39.8 Å². The average Bonchev–Trinajstić information content (AvgIpc) is 3.16. The number of allylic oxidation sites excluding steroid dienone is 2. The van der Waals surface area contributed by atoms with Crippen LogP contribution in [-0.2, 0) is 6.42 Å². The first kappa shape index (κ1) is 30.6. The van der Waals surface area contributed by atoms with Crippen LogP contribution in [0.5, 0.6) is 0 Å². The van der Waals surface area contributed by atoms with Gasteiger partial charge in [-0.15, -0.1) is 0 Å². The van der Waals surface area contributed by atoms with Crippen molar-refractivity contribution in [2.45, 2.75) is 65.6 Å². The third-order valence-corrected chi connectivity index (χ3v) is 9.77. The third-order valence-electron chi connectivity index (χ3n) is 9.77. The molecular formula is C44H45N3. The van der Waals surface area contributed by atoms with E-state index in [9.17, 15) is 0 Å². The molecule has 3 heteroatoms. The van der Waals surface area contributed by atoms with E-state index in [0.29, 0.717) is 0 Å². The summed E-state index contributed by atoms with van der Waals surface area (Å²) >= 11 is 0. The lowest BCUT2D eigenvalue weighted by atomic mass is 9.84. The highest BCUT2D eigenvalue weighted by Crippen LogP contribution is 2.44. The number of aryl methyl sites for hydroxylation is 2. The quantitative estimate of drug-likeness (QED) is 0.189. The fourth-order valence-corrected chi connectivity index (χ4v) is 7.56. The Balaban J connectivity index is 0.000000848. The summed E-state index contributed by atoms with van der Waals surface area (Å²) in [6.07, 6.45) is 22.2. The summed E-state index contributed by atoms with van der Waals surface area (Å²) in [5.74, 6) is 0. The summed E-state index contributed by atoms with van der Waals surface area (Å²) in [5.41, 5.74) is 11.6. The second kappa shape index (κ2) is 13.0. The highest BCUT2D eigenvalue weighted by Gasteiger charge is 2.25. The Morgan fingerprint density at radius 2 is 1.30 bits per heavy atom. The maximum absolute atomic E-state index is 3.97. The third kappa shape index (κ3) is 5.34. The van der Waals surface area contributed by atoms with Crippen LogP contribution in [0.15, 0.2) is 103 Å². The molecule has 3 atom stereocenters. The van der Waals surface area contributed by atoms with E-state index in [1.807, 2.05) is 40.0 Å². The van der Waals surface area contributed by atoms with Crippen molar-refractivity contribution in [1.82, 2.24) is 5.32 Å². The lowest BCUT2D eigenvalue weighted by molar-refractivity contribution is 0.745. The van der Waals surface area contributed by atoms with Gasteiger partial charge in [0.15, 0.2) is 0 Å². The Bertz CT molecular complexity index is 2130. The molecule has 3 unspecified atom stereocenters. The fraction of sp³-hybridized carbons (Fsp3) is 0.227. The van der Waals surface area contributed by atoms with Crippen LogP contribution < -0.4 is 21.2 Å². The van der Waals surface area contributed by atoms with Crippen molar-refractivity contribution >= 4 is 51.1 Å². The van der Waals surface area contributed by atoms with Gasteiger partial charge in [-0.05, 0) is 97.7 Å². The Kier molecular flexibility index (Phi) is 8.47. The molecule has 0 bridgehead atoms. The molecule has 5 aromatic rings. The number of anilines is 2. The number of fused-ring (bicyclic) bond motifs is 3. The molecule has 0 spiro atoms. The van der Waals surface area contributed by atoms with E-state index in [1.165, 1.54) is 77.1 Å². The zero-order chi connectivity index (χ0) is 32.5. The summed E-state index contributed by atoms with van der Waals surface area (Å²) < 4.78 is 0. The van der Waals surface area contributed by atoms with Crippen molar-refractivity contribution in [3.8, 4) is 0 Å². The van der Waals surface area contributed by atoms with Gasteiger partial charge in [0, 0.05) is 0 Å². The lowest BCUT2D eigenvalue weighted by Crippen LogP contribution is -2.19. The summed E-state index contributed by atoms with van der Waals surface area (Å²) in [7, 11) is 0. The van der Waals surface area contributed by atoms with E-state index in [4.69, 9.17) is 0 Å². The topological polar surface area (TPSA) is 36.1 Å². The van der Waals surface area contributed by atoms with E-state index in [0.717, 1.165) is 12.8 Å². The summed E-state index contributed by atoms with van der Waals surface area (Å²) in [4.78, 5) is 0. The van der Waals surface area contributed by atoms with Gasteiger partial charge in [-0.2, -0.15) is 0 Å². The van der Waals surface area contributed by atoms with Gasteiger partial charge in [-0.25, -0.2) is 0 Å². The van der Waals surface area contributed by atoms with Gasteiger partial charge < -0.3 is 16.0 Å². The molecule has 3 aliphatic heterocycles. The van der Waals surface area contributed by atoms with Crippen molar-refractivity contribution in [3.63, 3.8) is 0 Å². The van der Waals surface area contributed by atoms with E-state index < -0.39 is 0 Å². The monoisotopic (exact) mass is 615 g/mol. The van der Waals surface area contributed by atoms with Crippen LogP contribution in [0.3, 0.4) is 0 Å². The van der Waals surface area contributed by atoms with Gasteiger partial charge in [0.05, 0.1) is 29.5 Å². The summed E-state index contributed by atoms with van der Waals surface area (Å²) in [5, 5.41) is 18.2. The summed E-state index contributed by atoms with van der Waals surface area (Å²) in [6, 6.07) is 25.5. The minimum absolute atomic E-state index is 0.0861. The molecule has 236 valence electrons. The Labute approximate surface area is 279 Å². The lowest BCUT2D eigenvalue weighted by Gasteiger charge is -2.31. The highest BCUT2D eigenvalue weighted by molar-refractivity contribution is 6.14. The van der Waals surface area contributed by atoms with Crippen molar-refractivity contribution in [2.24, 2.45) is 0 Å². The number of hydrogen-bond donors (Lipinski definition) is 3. The molecule has 3 nitrogen and oxygen atoms in total. The van der Waals surface area contributed by atoms with Crippen molar-refractivity contribution in [3.05, 3.63) is 147 Å².